The third kappa shape index (κ3) is 3.82. The molecule has 0 radical (unpaired) electrons. The molecule has 1 unspecified atom stereocenters. The molecule has 4 rings (SSSR count). The van der Waals surface area contributed by atoms with E-state index in [1.807, 2.05) is 0 Å². The molecule has 5 amide bonds. The van der Waals surface area contributed by atoms with Crippen molar-refractivity contribution in [2.75, 3.05) is 23.3 Å². The third-order valence-electron chi connectivity index (χ3n) is 5.89. The molecule has 1 atom stereocenters. The molecule has 0 aromatic heterocycles. The summed E-state index contributed by atoms with van der Waals surface area (Å²) in [6, 6.07) is 13.0. The molecule has 2 aliphatic rings. The fourth-order valence-corrected chi connectivity index (χ4v) is 4.32. The Kier molecular flexibility index (Phi) is 5.88. The molecule has 0 bridgehead atoms. The number of halogens is 1. The molecule has 8 nitrogen and oxygen atoms in total. The summed E-state index contributed by atoms with van der Waals surface area (Å²) in [6.45, 7) is 1.93. The molecular weight excluding hydrogens is 432 g/mol. The van der Waals surface area contributed by atoms with Gasteiger partial charge in [0.25, 0.3) is 5.91 Å². The number of urea groups is 1. The summed E-state index contributed by atoms with van der Waals surface area (Å²) in [5, 5.41) is 6.01. The first-order chi connectivity index (χ1) is 15.4. The van der Waals surface area contributed by atoms with Crippen LogP contribution in [0.3, 0.4) is 0 Å². The van der Waals surface area contributed by atoms with Gasteiger partial charge in [-0.3, -0.25) is 19.3 Å². The summed E-state index contributed by atoms with van der Waals surface area (Å²) in [6.07, 6.45) is 1.54. The maximum atomic E-state index is 13.2. The molecule has 0 aliphatic carbocycles. The van der Waals surface area contributed by atoms with E-state index in [-0.39, 0.29) is 5.91 Å². The monoisotopic (exact) mass is 454 g/mol. The SMILES string of the molecule is CCC1(c2ccc(Cl)cc2)NC(=O)N(CC(=O)Nc2ccccc2N2CCCC2=O)C1=O. The predicted octanol–water partition coefficient (Wildman–Crippen LogP) is 3.26. The minimum atomic E-state index is -1.25. The highest BCUT2D eigenvalue weighted by Gasteiger charge is 2.51. The number of hydrogen-bond donors (Lipinski definition) is 2. The maximum absolute atomic E-state index is 13.2. The van der Waals surface area contributed by atoms with Crippen molar-refractivity contribution in [3.63, 3.8) is 0 Å². The Balaban J connectivity index is 1.52. The van der Waals surface area contributed by atoms with E-state index in [0.717, 1.165) is 11.3 Å². The fraction of sp³-hybridized carbons (Fsp3) is 0.304. The summed E-state index contributed by atoms with van der Waals surface area (Å²) >= 11 is 5.96. The standard InChI is InChI=1S/C23H23ClN4O4/c1-2-23(15-9-11-16(24)12-10-15)21(31)28(22(32)26-23)14-19(29)25-17-6-3-4-7-18(17)27-13-5-8-20(27)30/h3-4,6-7,9-12H,2,5,8,13-14H2,1H3,(H,25,29)(H,26,32). The second-order valence-corrected chi connectivity index (χ2v) is 8.24. The van der Waals surface area contributed by atoms with Crippen molar-refractivity contribution in [2.45, 2.75) is 31.7 Å². The van der Waals surface area contributed by atoms with Crippen LogP contribution in [0.15, 0.2) is 48.5 Å². The first kappa shape index (κ1) is 21.8. The van der Waals surface area contributed by atoms with Crippen LogP contribution < -0.4 is 15.5 Å². The van der Waals surface area contributed by atoms with Crippen molar-refractivity contribution in [3.05, 3.63) is 59.1 Å². The molecule has 2 N–H and O–H groups in total. The van der Waals surface area contributed by atoms with Gasteiger partial charge in [0.1, 0.15) is 12.1 Å². The van der Waals surface area contributed by atoms with E-state index in [1.165, 1.54) is 0 Å². The molecule has 9 heteroatoms. The van der Waals surface area contributed by atoms with Crippen LogP contribution in [0.1, 0.15) is 31.7 Å². The molecule has 32 heavy (non-hydrogen) atoms. The van der Waals surface area contributed by atoms with Crippen LogP contribution in [0.4, 0.5) is 16.2 Å². The molecule has 2 heterocycles. The van der Waals surface area contributed by atoms with Crippen LogP contribution in [0, 0.1) is 0 Å². The van der Waals surface area contributed by atoms with Crippen LogP contribution in [0.5, 0.6) is 0 Å². The molecule has 2 aromatic rings. The lowest BCUT2D eigenvalue weighted by atomic mass is 9.87. The second kappa shape index (κ2) is 8.63. The predicted molar refractivity (Wildman–Crippen MR) is 120 cm³/mol. The number of nitrogens with zero attached hydrogens (tertiary/aromatic N) is 2. The Morgan fingerprint density at radius 2 is 1.84 bits per heavy atom. The highest BCUT2D eigenvalue weighted by atomic mass is 35.5. The molecule has 0 saturated carbocycles. The largest absolute Gasteiger partial charge is 0.325 e. The quantitative estimate of drug-likeness (QED) is 0.654. The smallest absolute Gasteiger partial charge is 0.323 e. The first-order valence-corrected chi connectivity index (χ1v) is 10.8. The van der Waals surface area contributed by atoms with Gasteiger partial charge in [0.05, 0.1) is 11.4 Å². The van der Waals surface area contributed by atoms with Gasteiger partial charge in [0.15, 0.2) is 0 Å². The van der Waals surface area contributed by atoms with Gasteiger partial charge >= 0.3 is 6.03 Å². The normalized spacial score (nSPS) is 20.6. The number of nitrogens with one attached hydrogen (secondary N) is 2. The zero-order valence-corrected chi connectivity index (χ0v) is 18.3. The van der Waals surface area contributed by atoms with Gasteiger partial charge in [-0.25, -0.2) is 4.79 Å². The number of hydrogen-bond acceptors (Lipinski definition) is 4. The lowest BCUT2D eigenvalue weighted by Crippen LogP contribution is -2.44. The molecule has 2 fully saturated rings. The van der Waals surface area contributed by atoms with Crippen molar-refractivity contribution in [1.82, 2.24) is 10.2 Å². The average molecular weight is 455 g/mol. The van der Waals surface area contributed by atoms with Crippen molar-refractivity contribution in [3.8, 4) is 0 Å². The summed E-state index contributed by atoms with van der Waals surface area (Å²) in [5.74, 6) is -1.03. The first-order valence-electron chi connectivity index (χ1n) is 10.4. The number of carbonyl (C=O) groups excluding carboxylic acids is 4. The molecule has 2 aromatic carbocycles. The summed E-state index contributed by atoms with van der Waals surface area (Å²) in [4.78, 5) is 53.3. The minimum Gasteiger partial charge on any atom is -0.323 e. The summed E-state index contributed by atoms with van der Waals surface area (Å²) in [5.41, 5.74) is 0.411. The van der Waals surface area contributed by atoms with Gasteiger partial charge in [-0.1, -0.05) is 42.8 Å². The number of imide groups is 1. The lowest BCUT2D eigenvalue weighted by Gasteiger charge is -2.26. The Bertz CT molecular complexity index is 1090. The second-order valence-electron chi connectivity index (χ2n) is 7.80. The Morgan fingerprint density at radius 3 is 2.50 bits per heavy atom. The third-order valence-corrected chi connectivity index (χ3v) is 6.14. The molecule has 2 saturated heterocycles. The highest BCUT2D eigenvalue weighted by Crippen LogP contribution is 2.33. The van der Waals surface area contributed by atoms with E-state index in [1.54, 1.807) is 60.4 Å². The van der Waals surface area contributed by atoms with Gasteiger partial charge < -0.3 is 15.5 Å². The average Bonchev–Trinajstić information content (AvgIpc) is 3.31. The molecule has 166 valence electrons. The molecular formula is C23H23ClN4O4. The zero-order chi connectivity index (χ0) is 22.9. The van der Waals surface area contributed by atoms with Gasteiger partial charge in [0.2, 0.25) is 11.8 Å². The topological polar surface area (TPSA) is 98.8 Å². The van der Waals surface area contributed by atoms with Gasteiger partial charge in [0, 0.05) is 18.0 Å². The van der Waals surface area contributed by atoms with Gasteiger partial charge in [-0.15, -0.1) is 0 Å². The minimum absolute atomic E-state index is 0.00325. The fourth-order valence-electron chi connectivity index (χ4n) is 4.19. The van der Waals surface area contributed by atoms with E-state index >= 15 is 0 Å². The van der Waals surface area contributed by atoms with E-state index in [0.29, 0.717) is 41.3 Å². The number of rotatable bonds is 6. The van der Waals surface area contributed by atoms with Crippen molar-refractivity contribution >= 4 is 46.7 Å². The zero-order valence-electron chi connectivity index (χ0n) is 17.6. The van der Waals surface area contributed by atoms with Crippen LogP contribution in [0.2, 0.25) is 5.02 Å². The van der Waals surface area contributed by atoms with E-state index < -0.39 is 29.9 Å². The number of para-hydroxylation sites is 2. The highest BCUT2D eigenvalue weighted by molar-refractivity contribution is 6.30. The van der Waals surface area contributed by atoms with Crippen molar-refractivity contribution in [1.29, 1.82) is 0 Å². The number of amides is 5. The van der Waals surface area contributed by atoms with Crippen LogP contribution in [-0.4, -0.2) is 41.7 Å². The number of benzene rings is 2. The lowest BCUT2D eigenvalue weighted by molar-refractivity contribution is -0.134. The van der Waals surface area contributed by atoms with E-state index in [2.05, 4.69) is 10.6 Å². The Morgan fingerprint density at radius 1 is 1.12 bits per heavy atom. The van der Waals surface area contributed by atoms with Crippen LogP contribution >= 0.6 is 11.6 Å². The molecule has 0 spiro atoms. The van der Waals surface area contributed by atoms with Crippen molar-refractivity contribution in [2.24, 2.45) is 0 Å². The summed E-state index contributed by atoms with van der Waals surface area (Å²) < 4.78 is 0. The van der Waals surface area contributed by atoms with Crippen LogP contribution in [-0.2, 0) is 19.9 Å². The van der Waals surface area contributed by atoms with E-state index in [4.69, 9.17) is 11.6 Å². The maximum Gasteiger partial charge on any atom is 0.325 e. The summed E-state index contributed by atoms with van der Waals surface area (Å²) in [7, 11) is 0. The Labute approximate surface area is 190 Å². The van der Waals surface area contributed by atoms with Gasteiger partial charge in [-0.05, 0) is 42.7 Å². The van der Waals surface area contributed by atoms with Crippen molar-refractivity contribution < 1.29 is 19.2 Å². The number of carbonyl (C=O) groups is 4. The molecule has 2 aliphatic heterocycles. The number of anilines is 2. The van der Waals surface area contributed by atoms with Crippen LogP contribution in [0.25, 0.3) is 0 Å². The van der Waals surface area contributed by atoms with E-state index in [9.17, 15) is 19.2 Å². The Hall–Kier alpha value is -3.39. The van der Waals surface area contributed by atoms with Gasteiger partial charge in [-0.2, -0.15) is 0 Å².